The summed E-state index contributed by atoms with van der Waals surface area (Å²) in [6, 6.07) is 0. The molecule has 0 spiro atoms. The Labute approximate surface area is 355 Å². The summed E-state index contributed by atoms with van der Waals surface area (Å²) >= 11 is 6.62. The molecule has 0 saturated carbocycles. The number of carbonyl (C=O) groups excluding carboxylic acids is 1. The van der Waals surface area contributed by atoms with E-state index in [1.807, 2.05) is 30.1 Å². The van der Waals surface area contributed by atoms with Crippen molar-refractivity contribution >= 4 is 54.7 Å². The second kappa shape index (κ2) is 24.3. The second-order valence-electron chi connectivity index (χ2n) is 8.21. The summed E-state index contributed by atoms with van der Waals surface area (Å²) < 4.78 is 55.4. The summed E-state index contributed by atoms with van der Waals surface area (Å²) in [7, 11) is -4.29. The third-order valence-electron chi connectivity index (χ3n) is 4.21. The molecule has 0 N–H and O–H groups in total. The van der Waals surface area contributed by atoms with Crippen LogP contribution in [0.1, 0.15) is 16.6 Å². The normalized spacial score (nSPS) is 17.5. The maximum Gasteiger partial charge on any atom is 1.00 e. The van der Waals surface area contributed by atoms with Gasteiger partial charge in [-0.3, -0.25) is 23.0 Å². The molecule has 1 aromatic heterocycles. The average molecular weight is 920 g/mol. The monoisotopic (exact) mass is 918 g/mol. The standard InChI is InChI=1S/C8H11BrN2O.C6H12O4S.C4H4BrN.CH3F.CH2O3.2Cs.H/c1-8(5-12-6-8)4-11-3-7(9)2-10-11;1-6(3-9-4-6)5-10-11(2,7)8;5-4-1-2-6-3-4;1-2;2-1-4-3;;;/h2-3H,4-6H2,1H3;3-5H2,1-2H3;1,3H,2H2;1H3;1,3H;;;/q;;;;;2*+1;-1/p-1/i;;;1D;;;;. The Morgan fingerprint density at radius 2 is 1.78 bits per heavy atom. The largest absolute Gasteiger partial charge is 1.00 e. The van der Waals surface area contributed by atoms with Crippen LogP contribution in [0, 0.1) is 10.8 Å². The summed E-state index contributed by atoms with van der Waals surface area (Å²) in [5.74, 6) is 0. The number of halogens is 3. The molecule has 2 fully saturated rings. The third kappa shape index (κ3) is 23.1. The Morgan fingerprint density at radius 1 is 1.27 bits per heavy atom. The Hall–Kier alpha value is 2.87. The molecule has 11 nitrogen and oxygen atoms in total. The van der Waals surface area contributed by atoms with Crippen molar-refractivity contribution in [3.8, 4) is 0 Å². The minimum atomic E-state index is -3.29. The maximum atomic E-state index is 10.6. The maximum absolute atomic E-state index is 10.6. The molecule has 0 bridgehead atoms. The number of carbonyl (C=O) groups is 1. The van der Waals surface area contributed by atoms with Gasteiger partial charge in [-0.1, -0.05) is 13.8 Å². The van der Waals surface area contributed by atoms with Crippen LogP contribution in [-0.4, -0.2) is 83.9 Å². The number of aliphatic imine (C=N–C) groups is 1. The van der Waals surface area contributed by atoms with Crippen LogP contribution in [0.25, 0.3) is 0 Å². The van der Waals surface area contributed by atoms with Crippen LogP contribution in [0.2, 0.25) is 0 Å². The van der Waals surface area contributed by atoms with Gasteiger partial charge in [0.15, 0.2) is 0 Å². The van der Waals surface area contributed by atoms with Gasteiger partial charge in [-0.05, 0) is 37.9 Å². The van der Waals surface area contributed by atoms with Crippen LogP contribution in [0.5, 0.6) is 0 Å². The van der Waals surface area contributed by atoms with Crippen molar-refractivity contribution in [3.05, 3.63) is 27.4 Å². The minimum absolute atomic E-state index is 0. The van der Waals surface area contributed by atoms with Crippen LogP contribution in [0.15, 0.2) is 32.4 Å². The van der Waals surface area contributed by atoms with E-state index in [2.05, 4.69) is 57.9 Å². The van der Waals surface area contributed by atoms with Crippen LogP contribution in [0.4, 0.5) is 4.39 Å². The number of hydrogen-bond acceptors (Lipinski definition) is 10. The van der Waals surface area contributed by atoms with Gasteiger partial charge in [-0.15, -0.1) is 0 Å². The topological polar surface area (TPSA) is 141 Å². The van der Waals surface area contributed by atoms with Crippen molar-refractivity contribution in [2.75, 3.05) is 53.0 Å². The Balaban J connectivity index is -0.000000210. The zero-order valence-electron chi connectivity index (χ0n) is 23.7. The molecule has 0 atom stereocenters. The Morgan fingerprint density at radius 3 is 2.03 bits per heavy atom. The zero-order chi connectivity index (χ0) is 27.7. The first kappa shape index (κ1) is 42.0. The first-order chi connectivity index (χ1) is 16.8. The summed E-state index contributed by atoms with van der Waals surface area (Å²) in [5.41, 5.74) is 0.203. The van der Waals surface area contributed by atoms with Gasteiger partial charge < -0.3 is 21.0 Å². The van der Waals surface area contributed by atoms with Crippen molar-refractivity contribution < 1.29 is 182 Å². The molecule has 1 aromatic rings. The fourth-order valence-corrected chi connectivity index (χ4v) is 3.59. The minimum Gasteiger partial charge on any atom is -1.00 e. The molecular formula is C20H32Br2Cs2FN3O8S. The van der Waals surface area contributed by atoms with Gasteiger partial charge in [0.1, 0.15) is 0 Å². The smallest absolute Gasteiger partial charge is 1.00 e. The van der Waals surface area contributed by atoms with Crippen molar-refractivity contribution in [1.29, 1.82) is 0 Å². The quantitative estimate of drug-likeness (QED) is 0.122. The molecular weight excluding hydrogens is 887 g/mol. The molecule has 204 valence electrons. The Kier molecular flexibility index (Phi) is 27.6. The average Bonchev–Trinajstić information content (AvgIpc) is 3.41. The molecule has 4 rings (SSSR count). The Bertz CT molecular complexity index is 939. The van der Waals surface area contributed by atoms with E-state index in [1.54, 1.807) is 6.21 Å². The van der Waals surface area contributed by atoms with Gasteiger partial charge in [0.05, 0.1) is 71.6 Å². The number of rotatable bonds is 6. The summed E-state index contributed by atoms with van der Waals surface area (Å²) in [6.45, 7) is 8.86. The second-order valence-corrected chi connectivity index (χ2v) is 11.7. The van der Waals surface area contributed by atoms with Gasteiger partial charge in [-0.2, -0.15) is 13.5 Å². The van der Waals surface area contributed by atoms with Gasteiger partial charge in [0.25, 0.3) is 16.6 Å². The fraction of sp³-hybridized carbons (Fsp3) is 0.650. The molecule has 0 unspecified atom stereocenters. The molecule has 3 aliphatic heterocycles. The van der Waals surface area contributed by atoms with Crippen molar-refractivity contribution in [3.63, 3.8) is 0 Å². The predicted octanol–water partition coefficient (Wildman–Crippen LogP) is -3.83. The number of hydrogen-bond donors (Lipinski definition) is 0. The van der Waals surface area contributed by atoms with Gasteiger partial charge in [0, 0.05) is 27.7 Å². The molecule has 3 aliphatic rings. The molecule has 0 aromatic carbocycles. The van der Waals surface area contributed by atoms with E-state index < -0.39 is 17.3 Å². The van der Waals surface area contributed by atoms with Gasteiger partial charge in [0.2, 0.25) is 0 Å². The molecule has 17 heteroatoms. The number of nitrogens with zero attached hydrogens (tertiary/aromatic N) is 3. The first-order valence-electron chi connectivity index (χ1n) is 10.6. The van der Waals surface area contributed by atoms with E-state index in [1.165, 1.54) is 0 Å². The van der Waals surface area contributed by atoms with E-state index in [4.69, 9.17) is 20.9 Å². The van der Waals surface area contributed by atoms with Crippen LogP contribution >= 0.6 is 31.9 Å². The van der Waals surface area contributed by atoms with Crippen LogP contribution in [-0.2, 0) is 40.0 Å². The van der Waals surface area contributed by atoms with E-state index in [0.29, 0.717) is 18.6 Å². The van der Waals surface area contributed by atoms with Gasteiger partial charge in [-0.25, -0.2) is 0 Å². The molecule has 2 saturated heterocycles. The fourth-order valence-electron chi connectivity index (χ4n) is 2.47. The van der Waals surface area contributed by atoms with E-state index in [9.17, 15) is 12.8 Å². The van der Waals surface area contributed by atoms with Crippen molar-refractivity contribution in [2.24, 2.45) is 15.8 Å². The SMILES string of the molecule is BrC1=CCN=C1.CC1(COS(C)(=O)=O)COC1.CC1(Cn2cc(Br)cn2)COC1.O=CO[O-].[2H]CF.[Cs+].[Cs+].[H-]. The molecule has 37 heavy (non-hydrogen) atoms. The van der Waals surface area contributed by atoms with Gasteiger partial charge >= 0.3 is 138 Å². The molecule has 0 aliphatic carbocycles. The van der Waals surface area contributed by atoms with Crippen molar-refractivity contribution in [2.45, 2.75) is 20.4 Å². The zero-order valence-corrected chi connectivity index (χ0v) is 38.2. The van der Waals surface area contributed by atoms with Crippen LogP contribution < -0.4 is 143 Å². The third-order valence-corrected chi connectivity index (χ3v) is 5.70. The van der Waals surface area contributed by atoms with E-state index in [0.717, 1.165) is 41.5 Å². The summed E-state index contributed by atoms with van der Waals surface area (Å²) in [4.78, 5) is 15.1. The summed E-state index contributed by atoms with van der Waals surface area (Å²) in [6.07, 6.45) is 8.67. The number of allylic oxidation sites excluding steroid dienone is 1. The number of aromatic nitrogens is 2. The number of ether oxygens (including phenoxy) is 2. The molecule has 4 heterocycles. The molecule has 0 amide bonds. The molecule has 0 radical (unpaired) electrons. The van der Waals surface area contributed by atoms with Crippen LogP contribution in [0.3, 0.4) is 0 Å². The van der Waals surface area contributed by atoms with E-state index in [-0.39, 0.29) is 158 Å². The predicted molar refractivity (Wildman–Crippen MR) is 134 cm³/mol. The number of alkyl halides is 1. The first-order valence-corrected chi connectivity index (χ1v) is 13.3. The van der Waals surface area contributed by atoms with Crippen molar-refractivity contribution in [1.82, 2.24) is 9.78 Å². The summed E-state index contributed by atoms with van der Waals surface area (Å²) in [5, 5.41) is 12.6. The van der Waals surface area contributed by atoms with E-state index >= 15 is 0 Å².